The summed E-state index contributed by atoms with van der Waals surface area (Å²) in [7, 11) is 0. The summed E-state index contributed by atoms with van der Waals surface area (Å²) in [5.74, 6) is -2.30. The third-order valence-electron chi connectivity index (χ3n) is 5.14. The van der Waals surface area contributed by atoms with Gasteiger partial charge in [0.25, 0.3) is 0 Å². The van der Waals surface area contributed by atoms with Gasteiger partial charge in [0.1, 0.15) is 17.3 Å². The molecule has 37 heavy (non-hydrogen) atoms. The molecule has 1 N–H and O–H groups in total. The van der Waals surface area contributed by atoms with E-state index in [1.165, 1.54) is 6.92 Å². The van der Waals surface area contributed by atoms with Crippen LogP contribution in [0.5, 0.6) is 0 Å². The third kappa shape index (κ3) is 9.37. The molecule has 0 bridgehead atoms. The number of rotatable bonds is 8. The number of ketones is 1. The Morgan fingerprint density at radius 1 is 0.730 bits per heavy atom. The maximum Gasteiger partial charge on any atom is 0.408 e. The first-order valence-electron chi connectivity index (χ1n) is 12.2. The number of alkyl carbamates (subject to hydrolysis) is 1. The Labute approximate surface area is 218 Å². The molecule has 3 atom stereocenters. The van der Waals surface area contributed by atoms with Gasteiger partial charge in [0.2, 0.25) is 0 Å². The van der Waals surface area contributed by atoms with Gasteiger partial charge in [-0.15, -0.1) is 0 Å². The van der Waals surface area contributed by atoms with Crippen molar-refractivity contribution in [3.63, 3.8) is 0 Å². The molecule has 2 aromatic rings. The minimum atomic E-state index is -1.30. The lowest BCUT2D eigenvalue weighted by Crippen LogP contribution is -2.52. The highest BCUT2D eigenvalue weighted by atomic mass is 16.6. The second-order valence-corrected chi connectivity index (χ2v) is 10.8. The molecule has 0 aromatic heterocycles. The number of nitrogens with one attached hydrogen (secondary N) is 1. The summed E-state index contributed by atoms with van der Waals surface area (Å²) in [5, 5.41) is 2.46. The maximum atomic E-state index is 13.0. The Balaban J connectivity index is 2.19. The van der Waals surface area contributed by atoms with Crippen LogP contribution in [0.3, 0.4) is 0 Å². The van der Waals surface area contributed by atoms with Crippen molar-refractivity contribution in [1.29, 1.82) is 0 Å². The van der Waals surface area contributed by atoms with Crippen LogP contribution in [0.4, 0.5) is 4.79 Å². The monoisotopic (exact) mass is 511 g/mol. The van der Waals surface area contributed by atoms with E-state index in [0.29, 0.717) is 16.7 Å². The molecule has 0 aliphatic carbocycles. The normalized spacial score (nSPS) is 14.1. The maximum absolute atomic E-state index is 13.0. The van der Waals surface area contributed by atoms with Gasteiger partial charge in [0.05, 0.1) is 5.92 Å². The van der Waals surface area contributed by atoms with E-state index in [-0.39, 0.29) is 5.78 Å². The highest BCUT2D eigenvalue weighted by molar-refractivity contribution is 6.09. The predicted molar refractivity (Wildman–Crippen MR) is 139 cm³/mol. The smallest absolute Gasteiger partial charge is 0.408 e. The topological polar surface area (TPSA) is 108 Å². The van der Waals surface area contributed by atoms with Crippen LogP contribution >= 0.6 is 0 Å². The second-order valence-electron chi connectivity index (χ2n) is 10.8. The molecule has 0 heterocycles. The van der Waals surface area contributed by atoms with Crippen LogP contribution in [0.25, 0.3) is 0 Å². The van der Waals surface area contributed by atoms with E-state index in [0.717, 1.165) is 0 Å². The van der Waals surface area contributed by atoms with Crippen molar-refractivity contribution in [1.82, 2.24) is 5.32 Å². The minimum Gasteiger partial charge on any atom is -0.459 e. The van der Waals surface area contributed by atoms with Gasteiger partial charge in [0, 0.05) is 11.1 Å². The quantitative estimate of drug-likeness (QED) is 0.295. The van der Waals surface area contributed by atoms with Gasteiger partial charge >= 0.3 is 18.0 Å². The van der Waals surface area contributed by atoms with Crippen LogP contribution in [0.15, 0.2) is 54.6 Å². The molecule has 1 unspecified atom stereocenters. The Kier molecular flexibility index (Phi) is 9.61. The first kappa shape index (κ1) is 29.5. The standard InChI is InChI=1S/C29H37NO7/c1-18(21-15-12-16-22(17-21)24(31)20-13-10-9-11-14-20)25(32)35-19(2)23(26(33)36-28(3,4)5)30-27(34)37-29(6,7)8/h9-19,23H,1-8H3,(H,30,34)/t18?,19-,23-/m0/s1. The summed E-state index contributed by atoms with van der Waals surface area (Å²) < 4.78 is 16.3. The summed E-state index contributed by atoms with van der Waals surface area (Å²) >= 11 is 0. The van der Waals surface area contributed by atoms with Crippen molar-refractivity contribution >= 4 is 23.8 Å². The molecule has 0 aliphatic heterocycles. The molecule has 0 fully saturated rings. The fourth-order valence-electron chi connectivity index (χ4n) is 3.36. The molecule has 0 saturated carbocycles. The number of ether oxygens (including phenoxy) is 3. The zero-order valence-electron chi connectivity index (χ0n) is 22.8. The van der Waals surface area contributed by atoms with Crippen LogP contribution < -0.4 is 5.32 Å². The van der Waals surface area contributed by atoms with Crippen molar-refractivity contribution in [2.45, 2.75) is 84.7 Å². The fourth-order valence-corrected chi connectivity index (χ4v) is 3.36. The van der Waals surface area contributed by atoms with Gasteiger partial charge in [-0.05, 0) is 67.0 Å². The molecule has 8 heteroatoms. The van der Waals surface area contributed by atoms with Crippen molar-refractivity contribution in [3.05, 3.63) is 71.3 Å². The van der Waals surface area contributed by atoms with E-state index in [1.807, 2.05) is 6.07 Å². The first-order chi connectivity index (χ1) is 17.1. The summed E-state index contributed by atoms with van der Waals surface area (Å²) in [6, 6.07) is 14.3. The number of hydrogen-bond acceptors (Lipinski definition) is 7. The lowest BCUT2D eigenvalue weighted by atomic mass is 9.95. The van der Waals surface area contributed by atoms with Crippen molar-refractivity contribution in [2.24, 2.45) is 0 Å². The molecule has 2 aromatic carbocycles. The average molecular weight is 512 g/mol. The van der Waals surface area contributed by atoms with Gasteiger partial charge in [-0.3, -0.25) is 9.59 Å². The lowest BCUT2D eigenvalue weighted by molar-refractivity contribution is -0.165. The zero-order valence-corrected chi connectivity index (χ0v) is 22.8. The predicted octanol–water partition coefficient (Wildman–Crippen LogP) is 5.19. The van der Waals surface area contributed by atoms with Crippen LogP contribution in [-0.2, 0) is 23.8 Å². The highest BCUT2D eigenvalue weighted by Gasteiger charge is 2.35. The zero-order chi connectivity index (χ0) is 28.0. The van der Waals surface area contributed by atoms with E-state index in [2.05, 4.69) is 5.32 Å². The Hall–Kier alpha value is -3.68. The van der Waals surface area contributed by atoms with Crippen molar-refractivity contribution < 1.29 is 33.4 Å². The fraction of sp³-hybridized carbons (Fsp3) is 0.448. The number of hydrogen-bond donors (Lipinski definition) is 1. The molecule has 0 saturated heterocycles. The molecule has 2 rings (SSSR count). The van der Waals surface area contributed by atoms with Crippen LogP contribution in [0.2, 0.25) is 0 Å². The van der Waals surface area contributed by atoms with E-state index >= 15 is 0 Å². The van der Waals surface area contributed by atoms with Gasteiger partial charge in [-0.2, -0.15) is 0 Å². The molecule has 8 nitrogen and oxygen atoms in total. The summed E-state index contributed by atoms with van der Waals surface area (Å²) in [4.78, 5) is 51.1. The number of benzene rings is 2. The largest absolute Gasteiger partial charge is 0.459 e. The van der Waals surface area contributed by atoms with Gasteiger partial charge in [-0.25, -0.2) is 9.59 Å². The molecule has 0 spiro atoms. The van der Waals surface area contributed by atoms with Gasteiger partial charge < -0.3 is 19.5 Å². The molecule has 1 amide bonds. The Bertz CT molecular complexity index is 1110. The van der Waals surface area contributed by atoms with E-state index < -0.39 is 47.3 Å². The highest BCUT2D eigenvalue weighted by Crippen LogP contribution is 2.22. The summed E-state index contributed by atoms with van der Waals surface area (Å²) in [5.41, 5.74) is -0.0631. The molecule has 200 valence electrons. The number of esters is 2. The molecular weight excluding hydrogens is 474 g/mol. The molecule has 0 radical (unpaired) electrons. The van der Waals surface area contributed by atoms with E-state index in [9.17, 15) is 19.2 Å². The minimum absolute atomic E-state index is 0.164. The van der Waals surface area contributed by atoms with Crippen molar-refractivity contribution in [3.8, 4) is 0 Å². The summed E-state index contributed by atoms with van der Waals surface area (Å²) in [6.07, 6.45) is -1.90. The van der Waals surface area contributed by atoms with Crippen molar-refractivity contribution in [2.75, 3.05) is 0 Å². The van der Waals surface area contributed by atoms with E-state index in [1.54, 1.807) is 97.0 Å². The third-order valence-corrected chi connectivity index (χ3v) is 5.14. The van der Waals surface area contributed by atoms with Crippen LogP contribution in [0.1, 0.15) is 82.8 Å². The number of amides is 1. The SMILES string of the molecule is CC(C(=O)O[C@@H](C)[C@H](NC(=O)OC(C)(C)C)C(=O)OC(C)(C)C)c1cccc(C(=O)c2ccccc2)c1. The second kappa shape index (κ2) is 12.0. The average Bonchev–Trinajstić information content (AvgIpc) is 2.79. The molecule has 0 aliphatic rings. The molecular formula is C29H37NO7. The Morgan fingerprint density at radius 3 is 1.86 bits per heavy atom. The van der Waals surface area contributed by atoms with Crippen LogP contribution in [0, 0.1) is 0 Å². The van der Waals surface area contributed by atoms with E-state index in [4.69, 9.17) is 14.2 Å². The number of carbonyl (C=O) groups is 4. The Morgan fingerprint density at radius 2 is 1.30 bits per heavy atom. The van der Waals surface area contributed by atoms with Gasteiger partial charge in [-0.1, -0.05) is 48.5 Å². The first-order valence-corrected chi connectivity index (χ1v) is 12.2. The number of carbonyl (C=O) groups excluding carboxylic acids is 4. The van der Waals surface area contributed by atoms with Crippen LogP contribution in [-0.4, -0.2) is 47.2 Å². The van der Waals surface area contributed by atoms with Gasteiger partial charge in [0.15, 0.2) is 11.8 Å². The lowest BCUT2D eigenvalue weighted by Gasteiger charge is -2.29. The summed E-state index contributed by atoms with van der Waals surface area (Å²) in [6.45, 7) is 13.3.